The zero-order valence-electron chi connectivity index (χ0n) is 11.6. The Bertz CT molecular complexity index is 509. The Morgan fingerprint density at radius 3 is 2.65 bits per heavy atom. The number of nitrogen functional groups attached to an aromatic ring is 1. The van der Waals surface area contributed by atoms with Crippen LogP contribution in [0.1, 0.15) is 18.1 Å². The normalized spacial score (nSPS) is 12.3. The Balaban J connectivity index is 2.12. The fourth-order valence-corrected chi connectivity index (χ4v) is 2.52. The molecule has 1 aromatic heterocycles. The number of aromatic nitrogens is 1. The van der Waals surface area contributed by atoms with Gasteiger partial charge in [0, 0.05) is 29.1 Å². The molecule has 0 aliphatic carbocycles. The van der Waals surface area contributed by atoms with E-state index in [4.69, 9.17) is 17.3 Å². The van der Waals surface area contributed by atoms with Crippen LogP contribution in [0.15, 0.2) is 42.7 Å². The summed E-state index contributed by atoms with van der Waals surface area (Å²) in [4.78, 5) is 4.15. The van der Waals surface area contributed by atoms with Crippen molar-refractivity contribution in [2.24, 2.45) is 0 Å². The third kappa shape index (κ3) is 3.95. The van der Waals surface area contributed by atoms with E-state index in [1.165, 1.54) is 0 Å². The van der Waals surface area contributed by atoms with E-state index in [1.54, 1.807) is 6.20 Å². The van der Waals surface area contributed by atoms with E-state index in [1.807, 2.05) is 30.5 Å². The van der Waals surface area contributed by atoms with E-state index in [-0.39, 0.29) is 0 Å². The van der Waals surface area contributed by atoms with E-state index in [9.17, 15) is 0 Å². The van der Waals surface area contributed by atoms with Crippen LogP contribution in [0, 0.1) is 0 Å². The summed E-state index contributed by atoms with van der Waals surface area (Å²) in [5, 5.41) is 4.31. The first-order chi connectivity index (χ1) is 9.70. The Labute approximate surface area is 125 Å². The zero-order chi connectivity index (χ0) is 14.4. The van der Waals surface area contributed by atoms with E-state index in [0.717, 1.165) is 41.2 Å². The predicted octanol–water partition coefficient (Wildman–Crippen LogP) is 3.08. The highest BCUT2D eigenvalue weighted by Gasteiger charge is 2.13. The number of nitrogens with one attached hydrogen (secondary N) is 1. The molecule has 0 saturated heterocycles. The van der Waals surface area contributed by atoms with Gasteiger partial charge in [-0.15, -0.1) is 0 Å². The van der Waals surface area contributed by atoms with Crippen molar-refractivity contribution in [3.05, 3.63) is 58.9 Å². The molecule has 106 valence electrons. The van der Waals surface area contributed by atoms with Crippen LogP contribution in [0.3, 0.4) is 0 Å². The standard InChI is InChI=1S/C16H20ClN3/c1-2-20-14(9-12-5-3-4-6-15(12)17)10-13-11-19-8-7-16(13)18/h3-8,11,14,20H,2,9-10H2,1H3,(H2,18,19). The molecule has 20 heavy (non-hydrogen) atoms. The van der Waals surface area contributed by atoms with Gasteiger partial charge in [-0.2, -0.15) is 0 Å². The predicted molar refractivity (Wildman–Crippen MR) is 85.0 cm³/mol. The molecule has 1 unspecified atom stereocenters. The van der Waals surface area contributed by atoms with Gasteiger partial charge in [0.1, 0.15) is 0 Å². The molecule has 3 nitrogen and oxygen atoms in total. The number of hydrogen-bond acceptors (Lipinski definition) is 3. The van der Waals surface area contributed by atoms with Crippen LogP contribution in [-0.4, -0.2) is 17.6 Å². The molecular formula is C16H20ClN3. The maximum atomic E-state index is 6.24. The molecule has 1 aromatic carbocycles. The van der Waals surface area contributed by atoms with Gasteiger partial charge in [0.05, 0.1) is 0 Å². The highest BCUT2D eigenvalue weighted by Crippen LogP contribution is 2.19. The Kier molecular flexibility index (Phi) is 5.39. The molecule has 4 heteroatoms. The van der Waals surface area contributed by atoms with Crippen molar-refractivity contribution in [1.82, 2.24) is 10.3 Å². The SMILES string of the molecule is CCNC(Cc1cnccc1N)Cc1ccccc1Cl. The number of hydrogen-bond donors (Lipinski definition) is 2. The lowest BCUT2D eigenvalue weighted by molar-refractivity contribution is 0.521. The van der Waals surface area contributed by atoms with Gasteiger partial charge in [0.25, 0.3) is 0 Å². The van der Waals surface area contributed by atoms with Crippen molar-refractivity contribution < 1.29 is 0 Å². The summed E-state index contributed by atoms with van der Waals surface area (Å²) in [5.74, 6) is 0. The van der Waals surface area contributed by atoms with Crippen LogP contribution in [0.4, 0.5) is 5.69 Å². The first-order valence-electron chi connectivity index (χ1n) is 6.86. The van der Waals surface area contributed by atoms with E-state index in [2.05, 4.69) is 23.3 Å². The number of benzene rings is 1. The number of pyridine rings is 1. The van der Waals surface area contributed by atoms with E-state index < -0.39 is 0 Å². The number of rotatable bonds is 6. The fourth-order valence-electron chi connectivity index (χ4n) is 2.31. The Hall–Kier alpha value is -1.58. The van der Waals surface area contributed by atoms with Gasteiger partial charge in [-0.25, -0.2) is 0 Å². The average molecular weight is 290 g/mol. The number of nitrogens with two attached hydrogens (primary N) is 1. The number of halogens is 1. The van der Waals surface area contributed by atoms with Crippen molar-refractivity contribution in [3.8, 4) is 0 Å². The van der Waals surface area contributed by atoms with Crippen LogP contribution in [0.5, 0.6) is 0 Å². The first kappa shape index (κ1) is 14.8. The topological polar surface area (TPSA) is 50.9 Å². The molecule has 2 aromatic rings. The van der Waals surface area contributed by atoms with Crippen molar-refractivity contribution >= 4 is 17.3 Å². The lowest BCUT2D eigenvalue weighted by Gasteiger charge is -2.19. The van der Waals surface area contributed by atoms with Gasteiger partial charge in [-0.3, -0.25) is 4.98 Å². The molecule has 1 atom stereocenters. The van der Waals surface area contributed by atoms with Gasteiger partial charge < -0.3 is 11.1 Å². The molecule has 0 saturated carbocycles. The lowest BCUT2D eigenvalue weighted by atomic mass is 9.99. The maximum absolute atomic E-state index is 6.24. The Morgan fingerprint density at radius 2 is 1.95 bits per heavy atom. The molecule has 2 rings (SSSR count). The number of nitrogens with zero attached hydrogens (tertiary/aromatic N) is 1. The van der Waals surface area contributed by atoms with E-state index in [0.29, 0.717) is 6.04 Å². The monoisotopic (exact) mass is 289 g/mol. The molecule has 0 aliphatic rings. The number of likely N-dealkylation sites (N-methyl/N-ethyl adjacent to an activating group) is 1. The second kappa shape index (κ2) is 7.27. The quantitative estimate of drug-likeness (QED) is 0.859. The van der Waals surface area contributed by atoms with Crippen molar-refractivity contribution in [1.29, 1.82) is 0 Å². The zero-order valence-corrected chi connectivity index (χ0v) is 12.4. The smallest absolute Gasteiger partial charge is 0.0438 e. The second-order valence-corrected chi connectivity index (χ2v) is 5.24. The van der Waals surface area contributed by atoms with Crippen molar-refractivity contribution in [2.45, 2.75) is 25.8 Å². The first-order valence-corrected chi connectivity index (χ1v) is 7.23. The van der Waals surface area contributed by atoms with Gasteiger partial charge in [0.15, 0.2) is 0 Å². The molecule has 0 spiro atoms. The summed E-state index contributed by atoms with van der Waals surface area (Å²) in [6.07, 6.45) is 5.28. The summed E-state index contributed by atoms with van der Waals surface area (Å²) in [6, 6.07) is 10.1. The van der Waals surface area contributed by atoms with Crippen molar-refractivity contribution in [2.75, 3.05) is 12.3 Å². The summed E-state index contributed by atoms with van der Waals surface area (Å²) in [6.45, 7) is 3.02. The lowest BCUT2D eigenvalue weighted by Crippen LogP contribution is -2.33. The minimum absolute atomic E-state index is 0.298. The van der Waals surface area contributed by atoms with Crippen LogP contribution < -0.4 is 11.1 Å². The third-order valence-electron chi connectivity index (χ3n) is 3.32. The highest BCUT2D eigenvalue weighted by molar-refractivity contribution is 6.31. The van der Waals surface area contributed by atoms with Crippen LogP contribution >= 0.6 is 11.6 Å². The molecule has 0 fully saturated rings. The molecular weight excluding hydrogens is 270 g/mol. The molecule has 1 heterocycles. The average Bonchev–Trinajstić information content (AvgIpc) is 2.44. The van der Waals surface area contributed by atoms with Crippen LogP contribution in [0.25, 0.3) is 0 Å². The molecule has 3 N–H and O–H groups in total. The van der Waals surface area contributed by atoms with E-state index >= 15 is 0 Å². The van der Waals surface area contributed by atoms with Gasteiger partial charge >= 0.3 is 0 Å². The Morgan fingerprint density at radius 1 is 1.20 bits per heavy atom. The minimum atomic E-state index is 0.298. The maximum Gasteiger partial charge on any atom is 0.0438 e. The summed E-state index contributed by atoms with van der Waals surface area (Å²) in [7, 11) is 0. The molecule has 0 bridgehead atoms. The highest BCUT2D eigenvalue weighted by atomic mass is 35.5. The van der Waals surface area contributed by atoms with Gasteiger partial charge in [0.2, 0.25) is 0 Å². The van der Waals surface area contributed by atoms with Crippen LogP contribution in [0.2, 0.25) is 5.02 Å². The second-order valence-electron chi connectivity index (χ2n) is 4.83. The largest absolute Gasteiger partial charge is 0.398 e. The molecule has 0 amide bonds. The molecule has 0 radical (unpaired) electrons. The summed E-state index contributed by atoms with van der Waals surface area (Å²) >= 11 is 6.24. The summed E-state index contributed by atoms with van der Waals surface area (Å²) in [5.41, 5.74) is 9.02. The minimum Gasteiger partial charge on any atom is -0.398 e. The van der Waals surface area contributed by atoms with Gasteiger partial charge in [-0.05, 0) is 42.6 Å². The number of anilines is 1. The fraction of sp³-hybridized carbons (Fsp3) is 0.312. The van der Waals surface area contributed by atoms with Gasteiger partial charge in [-0.1, -0.05) is 36.7 Å². The van der Waals surface area contributed by atoms with Crippen molar-refractivity contribution in [3.63, 3.8) is 0 Å². The third-order valence-corrected chi connectivity index (χ3v) is 3.69. The molecule has 0 aliphatic heterocycles. The summed E-state index contributed by atoms with van der Waals surface area (Å²) < 4.78 is 0. The van der Waals surface area contributed by atoms with Crippen LogP contribution in [-0.2, 0) is 12.8 Å².